The van der Waals surface area contributed by atoms with Crippen LogP contribution in [0, 0.1) is 0 Å². The van der Waals surface area contributed by atoms with E-state index in [0.717, 1.165) is 58.7 Å². The Bertz CT molecular complexity index is 3930. The molecule has 0 fully saturated rings. The summed E-state index contributed by atoms with van der Waals surface area (Å²) in [7, 11) is 3.48. The van der Waals surface area contributed by atoms with Gasteiger partial charge in [0.2, 0.25) is 0 Å². The van der Waals surface area contributed by atoms with Gasteiger partial charge in [0.05, 0.1) is 41.7 Å². The van der Waals surface area contributed by atoms with Crippen molar-refractivity contribution in [1.82, 2.24) is 9.13 Å². The molecule has 2 aromatic heterocycles. The van der Waals surface area contributed by atoms with Crippen LogP contribution in [0.4, 0.5) is 34.1 Å². The molecule has 0 N–H and O–H groups in total. The van der Waals surface area contributed by atoms with Gasteiger partial charge in [0, 0.05) is 90.7 Å². The molecule has 7 heteroatoms. The fraction of sp³-hybridized carbons (Fsp3) is 0.104. The maximum absolute atomic E-state index is 5.71. The molecular formula is C67H52N4O2S. The second-order valence-electron chi connectivity index (χ2n) is 19.3. The van der Waals surface area contributed by atoms with Crippen LogP contribution >= 0.6 is 11.8 Å². The molecule has 0 unspecified atom stereocenters. The lowest BCUT2D eigenvalue weighted by Gasteiger charge is -2.40. The van der Waals surface area contributed by atoms with Gasteiger partial charge >= 0.3 is 0 Å². The molecule has 0 saturated carbocycles. The van der Waals surface area contributed by atoms with Crippen LogP contribution in [0.2, 0.25) is 0 Å². The van der Waals surface area contributed by atoms with E-state index in [1.165, 1.54) is 86.8 Å². The zero-order chi connectivity index (χ0) is 49.7. The molecule has 14 rings (SSSR count). The molecule has 1 aliphatic carbocycles. The molecule has 1 aliphatic heterocycles. The molecule has 0 atom stereocenters. The third-order valence-corrected chi connectivity index (χ3v) is 16.9. The van der Waals surface area contributed by atoms with Gasteiger partial charge in [-0.15, -0.1) is 0 Å². The van der Waals surface area contributed by atoms with Gasteiger partial charge in [-0.25, -0.2) is 0 Å². The molecule has 10 aromatic carbocycles. The molecule has 2 aliphatic rings. The second kappa shape index (κ2) is 17.3. The molecule has 0 saturated heterocycles. The first-order valence-electron chi connectivity index (χ1n) is 25.6. The number of rotatable bonds is 10. The average Bonchev–Trinajstić information content (AvgIpc) is 4.11. The van der Waals surface area contributed by atoms with E-state index < -0.39 is 5.41 Å². The maximum atomic E-state index is 5.71. The van der Waals surface area contributed by atoms with Crippen molar-refractivity contribution >= 4 is 89.5 Å². The van der Waals surface area contributed by atoms with Crippen molar-refractivity contribution in [2.24, 2.45) is 0 Å². The molecule has 1 spiro atoms. The first-order valence-corrected chi connectivity index (χ1v) is 26.4. The van der Waals surface area contributed by atoms with E-state index in [2.05, 4.69) is 251 Å². The van der Waals surface area contributed by atoms with Crippen molar-refractivity contribution in [3.8, 4) is 22.6 Å². The number of ether oxygens (including phenoxy) is 2. The van der Waals surface area contributed by atoms with Crippen LogP contribution < -0.4 is 19.3 Å². The van der Waals surface area contributed by atoms with Gasteiger partial charge in [0.25, 0.3) is 0 Å². The van der Waals surface area contributed by atoms with Crippen molar-refractivity contribution < 1.29 is 9.47 Å². The minimum atomic E-state index is -0.644. The molecule has 12 aromatic rings. The molecule has 0 radical (unpaired) electrons. The molecular weight excluding hydrogens is 925 g/mol. The highest BCUT2D eigenvalue weighted by Crippen LogP contribution is 2.63. The summed E-state index contributed by atoms with van der Waals surface area (Å²) in [6.45, 7) is 6.11. The average molecular weight is 977 g/mol. The summed E-state index contributed by atoms with van der Waals surface area (Å²) >= 11 is 1.88. The Balaban J connectivity index is 1.00. The summed E-state index contributed by atoms with van der Waals surface area (Å²) in [6.07, 6.45) is 0. The van der Waals surface area contributed by atoms with Crippen molar-refractivity contribution in [2.75, 3.05) is 24.0 Å². The summed E-state index contributed by atoms with van der Waals surface area (Å²) < 4.78 is 16.3. The lowest BCUT2D eigenvalue weighted by molar-refractivity contribution is 0.415. The fourth-order valence-electron chi connectivity index (χ4n) is 12.5. The van der Waals surface area contributed by atoms with Crippen LogP contribution in [-0.4, -0.2) is 23.4 Å². The fourth-order valence-corrected chi connectivity index (χ4v) is 13.7. The van der Waals surface area contributed by atoms with Crippen LogP contribution in [0.1, 0.15) is 36.1 Å². The number of aromatic nitrogens is 2. The van der Waals surface area contributed by atoms with Crippen LogP contribution in [0.5, 0.6) is 11.5 Å². The number of benzene rings is 10. The number of nitrogens with zero attached hydrogens (tertiary/aromatic N) is 4. The minimum absolute atomic E-state index is 0.644. The summed E-state index contributed by atoms with van der Waals surface area (Å²) in [5, 5.41) is 4.90. The van der Waals surface area contributed by atoms with Crippen molar-refractivity contribution in [3.05, 3.63) is 241 Å². The smallest absolute Gasteiger partial charge is 0.120 e. The number of fused-ring (bicyclic) bond motifs is 15. The van der Waals surface area contributed by atoms with E-state index in [4.69, 9.17) is 9.47 Å². The highest BCUT2D eigenvalue weighted by Gasteiger charge is 2.51. The zero-order valence-corrected chi connectivity index (χ0v) is 42.5. The number of hydrogen-bond acceptors (Lipinski definition) is 5. The summed E-state index contributed by atoms with van der Waals surface area (Å²) in [5.41, 5.74) is 18.3. The first kappa shape index (κ1) is 44.1. The first-order chi connectivity index (χ1) is 36.5. The van der Waals surface area contributed by atoms with Gasteiger partial charge in [-0.1, -0.05) is 109 Å². The molecule has 3 heterocycles. The topological polar surface area (TPSA) is 34.8 Å². The van der Waals surface area contributed by atoms with E-state index in [0.29, 0.717) is 0 Å². The van der Waals surface area contributed by atoms with Crippen LogP contribution in [0.25, 0.3) is 54.7 Å². The molecule has 6 nitrogen and oxygen atoms in total. The third-order valence-electron chi connectivity index (χ3n) is 15.7. The predicted molar refractivity (Wildman–Crippen MR) is 308 cm³/mol. The lowest BCUT2D eigenvalue weighted by Crippen LogP contribution is -2.32. The highest BCUT2D eigenvalue weighted by atomic mass is 32.2. The van der Waals surface area contributed by atoms with E-state index in [9.17, 15) is 0 Å². The highest BCUT2D eigenvalue weighted by molar-refractivity contribution is 7.99. The number of aryl methyl sites for hydroxylation is 2. The van der Waals surface area contributed by atoms with Gasteiger partial charge in [0.1, 0.15) is 11.5 Å². The van der Waals surface area contributed by atoms with Crippen molar-refractivity contribution in [1.29, 1.82) is 0 Å². The zero-order valence-electron chi connectivity index (χ0n) is 41.7. The van der Waals surface area contributed by atoms with Crippen molar-refractivity contribution in [3.63, 3.8) is 0 Å². The van der Waals surface area contributed by atoms with E-state index in [1.807, 2.05) is 11.8 Å². The van der Waals surface area contributed by atoms with Gasteiger partial charge in [-0.3, -0.25) is 0 Å². The monoisotopic (exact) mass is 976 g/mol. The quantitative estimate of drug-likeness (QED) is 0.136. The molecule has 0 amide bonds. The Labute approximate surface area is 435 Å². The summed E-state index contributed by atoms with van der Waals surface area (Å²) in [4.78, 5) is 7.41. The van der Waals surface area contributed by atoms with Gasteiger partial charge in [-0.2, -0.15) is 0 Å². The Morgan fingerprint density at radius 1 is 0.365 bits per heavy atom. The van der Waals surface area contributed by atoms with Crippen LogP contribution in [0.3, 0.4) is 0 Å². The van der Waals surface area contributed by atoms with Crippen LogP contribution in [0.15, 0.2) is 228 Å². The van der Waals surface area contributed by atoms with Gasteiger partial charge in [-0.05, 0) is 156 Å². The number of hydrogen-bond donors (Lipinski definition) is 0. The van der Waals surface area contributed by atoms with E-state index >= 15 is 0 Å². The minimum Gasteiger partial charge on any atom is -0.497 e. The Morgan fingerprint density at radius 2 is 0.730 bits per heavy atom. The van der Waals surface area contributed by atoms with Gasteiger partial charge < -0.3 is 28.4 Å². The molecule has 74 heavy (non-hydrogen) atoms. The largest absolute Gasteiger partial charge is 0.497 e. The lowest BCUT2D eigenvalue weighted by atomic mass is 9.67. The Morgan fingerprint density at radius 3 is 1.15 bits per heavy atom. The van der Waals surface area contributed by atoms with Gasteiger partial charge in [0.15, 0.2) is 0 Å². The van der Waals surface area contributed by atoms with E-state index in [-0.39, 0.29) is 0 Å². The Hall–Kier alpha value is -8.65. The SMILES string of the molecule is CCn1c2cc(OC)ccc2c2ccc(N(c3ccccc3)c3ccc4c(c3)C3(c5ccccc5Sc5ccccc53)c3cc(N(c5ccccc5)c5ccc6c7ccc(OC)cc7n(CC)c6c5)ccc3-4)cc21. The number of methoxy groups -OCH3 is 2. The molecule has 358 valence electrons. The van der Waals surface area contributed by atoms with Crippen LogP contribution in [-0.2, 0) is 18.5 Å². The standard InChI is InChI=1S/C67H52N4O2S/c1-5-68-61-39-47(27-33-53(61)55-35-29-49(72-3)41-63(55)68)70(43-17-9-7-10-18-43)45-25-31-51-52-32-26-46(38-60(52)67(59(51)37-45)57-21-13-15-23-65(57)74-66-24-16-14-22-58(66)67)71(44-19-11-8-12-20-44)48-28-34-54-56-36-30-50(73-4)42-64(56)69(6-2)62(54)40-48/h7-42H,5-6H2,1-4H3. The van der Waals surface area contributed by atoms with Crippen molar-refractivity contribution in [2.45, 2.75) is 42.1 Å². The third kappa shape index (κ3) is 6.45. The molecule has 0 bridgehead atoms. The predicted octanol–water partition coefficient (Wildman–Crippen LogP) is 17.7. The number of anilines is 6. The normalized spacial score (nSPS) is 13.0. The Kier molecular flexibility index (Phi) is 10.3. The number of para-hydroxylation sites is 2. The second-order valence-corrected chi connectivity index (χ2v) is 20.4. The summed E-state index contributed by atoms with van der Waals surface area (Å²) in [6, 6.07) is 81.1. The van der Waals surface area contributed by atoms with E-state index in [1.54, 1.807) is 14.2 Å². The summed E-state index contributed by atoms with van der Waals surface area (Å²) in [5.74, 6) is 1.72. The maximum Gasteiger partial charge on any atom is 0.120 e.